The summed E-state index contributed by atoms with van der Waals surface area (Å²) in [7, 11) is 1.69. The van der Waals surface area contributed by atoms with Crippen LogP contribution in [0.2, 0.25) is 0 Å². The van der Waals surface area contributed by atoms with Crippen LogP contribution < -0.4 is 0 Å². The maximum absolute atomic E-state index is 12.0. The molecule has 0 radical (unpaired) electrons. The van der Waals surface area contributed by atoms with Crippen molar-refractivity contribution < 1.29 is 4.65 Å². The minimum atomic E-state index is -0.373. The highest BCUT2D eigenvalue weighted by Crippen LogP contribution is 2.09. The molecule has 0 fully saturated rings. The van der Waals surface area contributed by atoms with Crippen molar-refractivity contribution in [1.29, 1.82) is 0 Å². The van der Waals surface area contributed by atoms with E-state index in [1.54, 1.807) is 19.4 Å². The van der Waals surface area contributed by atoms with E-state index in [4.69, 9.17) is 0 Å². The number of allylic oxidation sites excluding steroid dienone is 2. The van der Waals surface area contributed by atoms with Crippen LogP contribution in [0.5, 0.6) is 0 Å². The van der Waals surface area contributed by atoms with E-state index in [1.807, 2.05) is 12.2 Å². The number of hydrogen-bond acceptors (Lipinski definition) is 1. The Morgan fingerprint density at radius 2 is 1.16 bits per heavy atom. The lowest BCUT2D eigenvalue weighted by molar-refractivity contribution is -0.751. The molecule has 0 bridgehead atoms. The number of nitrogens with zero attached hydrogens (tertiary/aromatic N) is 1. The van der Waals surface area contributed by atoms with Crippen LogP contribution in [-0.2, 0) is 0 Å². The van der Waals surface area contributed by atoms with Crippen LogP contribution in [0.3, 0.4) is 0 Å². The van der Waals surface area contributed by atoms with Crippen molar-refractivity contribution in [2.45, 2.75) is 78.1 Å². The van der Waals surface area contributed by atoms with Gasteiger partial charge < -0.3 is 9.85 Å². The molecule has 2 nitrogen and oxygen atoms in total. The van der Waals surface area contributed by atoms with E-state index in [9.17, 15) is 5.21 Å². The molecule has 2 heteroatoms. The highest BCUT2D eigenvalue weighted by molar-refractivity contribution is 4.82. The van der Waals surface area contributed by atoms with E-state index in [-0.39, 0.29) is 4.65 Å². The first-order chi connectivity index (χ1) is 9.12. The average Bonchev–Trinajstić information content (AvgIpc) is 2.38. The molecule has 0 heterocycles. The van der Waals surface area contributed by atoms with Crippen LogP contribution >= 0.6 is 0 Å². The molecule has 0 rings (SSSR count). The molecular formula is C17H33NO. The van der Waals surface area contributed by atoms with Crippen molar-refractivity contribution in [3.05, 3.63) is 29.8 Å². The van der Waals surface area contributed by atoms with Crippen molar-refractivity contribution in [3.63, 3.8) is 0 Å². The molecule has 0 amide bonds. The fourth-order valence-corrected chi connectivity index (χ4v) is 2.00. The van der Waals surface area contributed by atoms with Crippen LogP contribution in [0.4, 0.5) is 0 Å². The molecule has 0 aliphatic heterocycles. The van der Waals surface area contributed by atoms with Gasteiger partial charge in [-0.15, -0.1) is 0 Å². The van der Waals surface area contributed by atoms with Gasteiger partial charge >= 0.3 is 0 Å². The van der Waals surface area contributed by atoms with E-state index in [1.165, 1.54) is 51.4 Å². The third-order valence-electron chi connectivity index (χ3n) is 3.25. The molecule has 0 unspecified atom stereocenters. The normalized spacial score (nSPS) is 12.8. The Kier molecular flexibility index (Phi) is 12.0. The van der Waals surface area contributed by atoms with Gasteiger partial charge in [0.05, 0.1) is 19.4 Å². The van der Waals surface area contributed by atoms with Crippen LogP contribution in [-0.4, -0.2) is 11.7 Å². The zero-order chi connectivity index (χ0) is 14.4. The summed E-state index contributed by atoms with van der Waals surface area (Å²) in [5, 5.41) is 12.0. The molecule has 0 N–H and O–H groups in total. The number of unbranched alkanes of at least 4 members (excludes halogenated alkanes) is 8. The Morgan fingerprint density at radius 1 is 0.737 bits per heavy atom. The lowest BCUT2D eigenvalue weighted by Gasteiger charge is -2.29. The Morgan fingerprint density at radius 3 is 1.53 bits per heavy atom. The van der Waals surface area contributed by atoms with Gasteiger partial charge in [-0.1, -0.05) is 52.4 Å². The van der Waals surface area contributed by atoms with E-state index < -0.39 is 0 Å². The number of rotatable bonds is 12. The van der Waals surface area contributed by atoms with Gasteiger partial charge in [0, 0.05) is 0 Å². The summed E-state index contributed by atoms with van der Waals surface area (Å²) in [6.07, 6.45) is 19.7. The molecule has 0 aromatic rings. The van der Waals surface area contributed by atoms with E-state index in [2.05, 4.69) is 13.8 Å². The van der Waals surface area contributed by atoms with Crippen molar-refractivity contribution in [2.75, 3.05) is 7.05 Å². The first kappa shape index (κ1) is 18.4. The predicted octanol–water partition coefficient (Wildman–Crippen LogP) is 5.90. The van der Waals surface area contributed by atoms with Crippen molar-refractivity contribution >= 4 is 0 Å². The lowest BCUT2D eigenvalue weighted by atomic mass is 10.1. The van der Waals surface area contributed by atoms with Gasteiger partial charge in [0.2, 0.25) is 0 Å². The summed E-state index contributed by atoms with van der Waals surface area (Å²) < 4.78 is -0.373. The van der Waals surface area contributed by atoms with Crippen molar-refractivity contribution in [3.8, 4) is 0 Å². The van der Waals surface area contributed by atoms with Gasteiger partial charge in [-0.05, 0) is 37.8 Å². The first-order valence-electron chi connectivity index (χ1n) is 8.04. The van der Waals surface area contributed by atoms with Crippen molar-refractivity contribution in [2.24, 2.45) is 0 Å². The molecular weight excluding hydrogens is 234 g/mol. The maximum atomic E-state index is 12.0. The fourth-order valence-electron chi connectivity index (χ4n) is 2.00. The molecule has 0 aliphatic rings. The summed E-state index contributed by atoms with van der Waals surface area (Å²) in [4.78, 5) is 0. The van der Waals surface area contributed by atoms with Crippen LogP contribution in [0.25, 0.3) is 0 Å². The molecule has 0 atom stereocenters. The summed E-state index contributed by atoms with van der Waals surface area (Å²) in [5.74, 6) is 0. The first-order valence-corrected chi connectivity index (χ1v) is 8.04. The Labute approximate surface area is 120 Å². The van der Waals surface area contributed by atoms with E-state index >= 15 is 0 Å². The Balaban J connectivity index is 3.70. The highest BCUT2D eigenvalue weighted by atomic mass is 16.5. The second kappa shape index (κ2) is 12.4. The van der Waals surface area contributed by atoms with Crippen molar-refractivity contribution in [1.82, 2.24) is 0 Å². The minimum absolute atomic E-state index is 0.373. The molecule has 0 aromatic heterocycles. The van der Waals surface area contributed by atoms with E-state index in [0.29, 0.717) is 0 Å². The molecule has 0 aromatic carbocycles. The highest BCUT2D eigenvalue weighted by Gasteiger charge is 1.98. The van der Waals surface area contributed by atoms with Gasteiger partial charge in [-0.25, -0.2) is 0 Å². The lowest BCUT2D eigenvalue weighted by Crippen LogP contribution is -2.22. The zero-order valence-corrected chi connectivity index (χ0v) is 13.2. The van der Waals surface area contributed by atoms with Gasteiger partial charge in [-0.3, -0.25) is 0 Å². The number of hydroxylamine groups is 3. The number of hydrogen-bond donors (Lipinski definition) is 0. The summed E-state index contributed by atoms with van der Waals surface area (Å²) >= 11 is 0. The molecule has 19 heavy (non-hydrogen) atoms. The van der Waals surface area contributed by atoms with Crippen LogP contribution in [0, 0.1) is 5.21 Å². The zero-order valence-electron chi connectivity index (χ0n) is 13.2. The SMILES string of the molecule is CCCCCC/C=C/[N+](C)([O-])/C=C/CCCCCC. The van der Waals surface area contributed by atoms with Crippen LogP contribution in [0.15, 0.2) is 24.6 Å². The molecule has 0 saturated carbocycles. The molecule has 0 spiro atoms. The molecule has 0 saturated heterocycles. The van der Waals surface area contributed by atoms with E-state index in [0.717, 1.165) is 12.8 Å². The van der Waals surface area contributed by atoms with Gasteiger partial charge in [0.15, 0.2) is 0 Å². The quantitative estimate of drug-likeness (QED) is 0.245. The predicted molar refractivity (Wildman–Crippen MR) is 85.3 cm³/mol. The summed E-state index contributed by atoms with van der Waals surface area (Å²) in [5.41, 5.74) is 0. The maximum Gasteiger partial charge on any atom is 0.0962 e. The Bertz CT molecular complexity index is 220. The second-order valence-corrected chi connectivity index (χ2v) is 5.53. The summed E-state index contributed by atoms with van der Waals surface area (Å²) in [6, 6.07) is 0. The second-order valence-electron chi connectivity index (χ2n) is 5.53. The summed E-state index contributed by atoms with van der Waals surface area (Å²) in [6.45, 7) is 4.43. The third-order valence-corrected chi connectivity index (χ3v) is 3.25. The average molecular weight is 267 g/mol. The van der Waals surface area contributed by atoms with Gasteiger partial charge in [0.25, 0.3) is 0 Å². The largest absolute Gasteiger partial charge is 0.623 e. The van der Waals surface area contributed by atoms with Crippen LogP contribution in [0.1, 0.15) is 78.1 Å². The Hall–Kier alpha value is -0.600. The monoisotopic (exact) mass is 267 g/mol. The standard InChI is InChI=1S/C17H33NO/c1-4-6-8-10-12-14-16-18(3,19)17-15-13-11-9-7-5-2/h14-17H,4-13H2,1-3H3/b16-14+,17-15+. The van der Waals surface area contributed by atoms with Gasteiger partial charge in [-0.2, -0.15) is 0 Å². The number of quaternary nitrogens is 1. The topological polar surface area (TPSA) is 23.1 Å². The smallest absolute Gasteiger partial charge is 0.0962 e. The minimum Gasteiger partial charge on any atom is -0.623 e. The van der Waals surface area contributed by atoms with Gasteiger partial charge in [0.1, 0.15) is 0 Å². The third kappa shape index (κ3) is 13.6. The fraction of sp³-hybridized carbons (Fsp3) is 0.765. The molecule has 112 valence electrons. The molecule has 0 aliphatic carbocycles.